The summed E-state index contributed by atoms with van der Waals surface area (Å²) in [7, 11) is 1.77. The second kappa shape index (κ2) is 5.80. The minimum Gasteiger partial charge on any atom is -0.309 e. The van der Waals surface area contributed by atoms with Crippen molar-refractivity contribution in [3.05, 3.63) is 69.2 Å². The van der Waals surface area contributed by atoms with Crippen molar-refractivity contribution in [3.8, 4) is 0 Å². The molecule has 0 spiro atoms. The lowest BCUT2D eigenvalue weighted by molar-refractivity contribution is 0.571. The predicted octanol–water partition coefficient (Wildman–Crippen LogP) is 4.34. The topological polar surface area (TPSA) is 12.0 Å². The molecule has 19 heavy (non-hydrogen) atoms. The largest absolute Gasteiger partial charge is 0.309 e. The average molecular weight is 326 g/mol. The molecule has 1 nitrogen and oxygen atoms in total. The minimum absolute atomic E-state index is 0.264. The molecule has 0 fully saturated rings. The Hall–Kier alpha value is -1.26. The zero-order valence-corrected chi connectivity index (χ0v) is 12.3. The summed E-state index contributed by atoms with van der Waals surface area (Å²) in [5.74, 6) is -1.14. The van der Waals surface area contributed by atoms with Crippen LogP contribution in [0.4, 0.5) is 8.78 Å². The highest BCUT2D eigenvalue weighted by atomic mass is 79.9. The maximum Gasteiger partial charge on any atom is 0.126 e. The average Bonchev–Trinajstić information content (AvgIpc) is 2.34. The third-order valence-electron chi connectivity index (χ3n) is 3.04. The van der Waals surface area contributed by atoms with Gasteiger partial charge in [0.25, 0.3) is 0 Å². The molecule has 0 aliphatic carbocycles. The number of hydrogen-bond acceptors (Lipinski definition) is 1. The van der Waals surface area contributed by atoms with E-state index in [1.54, 1.807) is 7.05 Å². The van der Waals surface area contributed by atoms with Crippen LogP contribution in [0.2, 0.25) is 0 Å². The van der Waals surface area contributed by atoms with E-state index in [1.165, 1.54) is 12.1 Å². The van der Waals surface area contributed by atoms with Gasteiger partial charge in [-0.1, -0.05) is 34.1 Å². The van der Waals surface area contributed by atoms with Crippen LogP contribution in [0.15, 0.2) is 40.9 Å². The number of halogens is 3. The van der Waals surface area contributed by atoms with Crippen LogP contribution >= 0.6 is 15.9 Å². The van der Waals surface area contributed by atoms with Crippen LogP contribution in [-0.2, 0) is 0 Å². The standard InChI is InChI=1S/C15H14BrF2N/c1-9-4-3-5-13(14(9)16)15(19-2)10-6-11(17)8-12(18)7-10/h3-8,15,19H,1-2H3. The molecule has 4 heteroatoms. The number of hydrogen-bond donors (Lipinski definition) is 1. The molecule has 0 saturated heterocycles. The Kier molecular flexibility index (Phi) is 4.32. The van der Waals surface area contributed by atoms with Gasteiger partial charge in [0.2, 0.25) is 0 Å². The molecule has 100 valence electrons. The summed E-state index contributed by atoms with van der Waals surface area (Å²) in [6.07, 6.45) is 0. The highest BCUT2D eigenvalue weighted by molar-refractivity contribution is 9.10. The van der Waals surface area contributed by atoms with E-state index in [-0.39, 0.29) is 6.04 Å². The highest BCUT2D eigenvalue weighted by Gasteiger charge is 2.17. The monoisotopic (exact) mass is 325 g/mol. The third-order valence-corrected chi connectivity index (χ3v) is 4.12. The summed E-state index contributed by atoms with van der Waals surface area (Å²) in [6, 6.07) is 9.14. The molecule has 0 aliphatic rings. The van der Waals surface area contributed by atoms with Crippen molar-refractivity contribution in [2.24, 2.45) is 0 Å². The van der Waals surface area contributed by atoms with Gasteiger partial charge < -0.3 is 5.32 Å². The zero-order valence-electron chi connectivity index (χ0n) is 10.7. The molecule has 0 aliphatic heterocycles. The lowest BCUT2D eigenvalue weighted by Crippen LogP contribution is -2.18. The first-order chi connectivity index (χ1) is 9.02. The minimum atomic E-state index is -0.570. The maximum absolute atomic E-state index is 13.3. The molecule has 2 aromatic carbocycles. The Morgan fingerprint density at radius 3 is 2.32 bits per heavy atom. The maximum atomic E-state index is 13.3. The van der Waals surface area contributed by atoms with Crippen molar-refractivity contribution in [1.29, 1.82) is 0 Å². The lowest BCUT2D eigenvalue weighted by Gasteiger charge is -2.20. The summed E-state index contributed by atoms with van der Waals surface area (Å²) >= 11 is 3.53. The Balaban J connectivity index is 2.53. The van der Waals surface area contributed by atoms with Crippen LogP contribution in [-0.4, -0.2) is 7.05 Å². The Morgan fingerprint density at radius 2 is 1.74 bits per heavy atom. The number of rotatable bonds is 3. The quantitative estimate of drug-likeness (QED) is 0.884. The van der Waals surface area contributed by atoms with Gasteiger partial charge in [0.15, 0.2) is 0 Å². The van der Waals surface area contributed by atoms with Gasteiger partial charge in [-0.05, 0) is 42.8 Å². The van der Waals surface area contributed by atoms with E-state index in [0.717, 1.165) is 21.7 Å². The molecule has 0 bridgehead atoms. The summed E-state index contributed by atoms with van der Waals surface area (Å²) in [6.45, 7) is 1.98. The molecule has 2 aromatic rings. The van der Waals surface area contributed by atoms with Gasteiger partial charge in [0, 0.05) is 10.5 Å². The molecular weight excluding hydrogens is 312 g/mol. The Labute approximate surface area is 119 Å². The molecule has 0 heterocycles. The third kappa shape index (κ3) is 3.01. The van der Waals surface area contributed by atoms with Crippen LogP contribution < -0.4 is 5.32 Å². The summed E-state index contributed by atoms with van der Waals surface area (Å²) in [5.41, 5.74) is 2.59. The fraction of sp³-hybridized carbons (Fsp3) is 0.200. The summed E-state index contributed by atoms with van der Waals surface area (Å²) in [5, 5.41) is 3.09. The number of benzene rings is 2. The van der Waals surface area contributed by atoms with Crippen molar-refractivity contribution in [2.45, 2.75) is 13.0 Å². The predicted molar refractivity (Wildman–Crippen MR) is 76.1 cm³/mol. The highest BCUT2D eigenvalue weighted by Crippen LogP contribution is 2.31. The SMILES string of the molecule is CNC(c1cc(F)cc(F)c1)c1cccc(C)c1Br. The van der Waals surface area contributed by atoms with Gasteiger partial charge in [-0.3, -0.25) is 0 Å². The van der Waals surface area contributed by atoms with Crippen LogP contribution in [0.1, 0.15) is 22.7 Å². The second-order valence-corrected chi connectivity index (χ2v) is 5.20. The Morgan fingerprint density at radius 1 is 1.11 bits per heavy atom. The zero-order chi connectivity index (χ0) is 14.0. The number of nitrogens with one attached hydrogen (secondary N) is 1. The van der Waals surface area contributed by atoms with E-state index in [0.29, 0.717) is 5.56 Å². The first kappa shape index (κ1) is 14.2. The van der Waals surface area contributed by atoms with Crippen LogP contribution in [0.3, 0.4) is 0 Å². The van der Waals surface area contributed by atoms with Gasteiger partial charge in [-0.25, -0.2) is 8.78 Å². The van der Waals surface area contributed by atoms with Crippen molar-refractivity contribution in [3.63, 3.8) is 0 Å². The van der Waals surface area contributed by atoms with Gasteiger partial charge in [-0.15, -0.1) is 0 Å². The first-order valence-electron chi connectivity index (χ1n) is 5.91. The van der Waals surface area contributed by atoms with Crippen molar-refractivity contribution in [1.82, 2.24) is 5.32 Å². The molecular formula is C15H14BrF2N. The molecule has 0 radical (unpaired) electrons. The summed E-state index contributed by atoms with van der Waals surface area (Å²) < 4.78 is 27.6. The van der Waals surface area contributed by atoms with Crippen LogP contribution in [0, 0.1) is 18.6 Å². The van der Waals surface area contributed by atoms with Crippen molar-refractivity contribution in [2.75, 3.05) is 7.05 Å². The van der Waals surface area contributed by atoms with Crippen molar-refractivity contribution < 1.29 is 8.78 Å². The molecule has 0 aromatic heterocycles. The Bertz CT molecular complexity index is 578. The second-order valence-electron chi connectivity index (χ2n) is 4.40. The number of aryl methyl sites for hydroxylation is 1. The fourth-order valence-electron chi connectivity index (χ4n) is 2.14. The van der Waals surface area contributed by atoms with Gasteiger partial charge >= 0.3 is 0 Å². The molecule has 0 amide bonds. The van der Waals surface area contributed by atoms with Gasteiger partial charge in [0.1, 0.15) is 11.6 Å². The normalized spacial score (nSPS) is 12.5. The summed E-state index contributed by atoms with van der Waals surface area (Å²) in [4.78, 5) is 0. The van der Waals surface area contributed by atoms with Gasteiger partial charge in [0.05, 0.1) is 6.04 Å². The molecule has 2 rings (SSSR count). The van der Waals surface area contributed by atoms with E-state index >= 15 is 0 Å². The molecule has 1 unspecified atom stereocenters. The van der Waals surface area contributed by atoms with Crippen LogP contribution in [0.25, 0.3) is 0 Å². The van der Waals surface area contributed by atoms with E-state index in [2.05, 4.69) is 21.2 Å². The lowest BCUT2D eigenvalue weighted by atomic mass is 9.97. The van der Waals surface area contributed by atoms with E-state index in [4.69, 9.17) is 0 Å². The van der Waals surface area contributed by atoms with Crippen LogP contribution in [0.5, 0.6) is 0 Å². The van der Waals surface area contributed by atoms with E-state index in [9.17, 15) is 8.78 Å². The molecule has 0 saturated carbocycles. The van der Waals surface area contributed by atoms with E-state index in [1.807, 2.05) is 25.1 Å². The fourth-order valence-corrected chi connectivity index (χ4v) is 2.63. The first-order valence-corrected chi connectivity index (χ1v) is 6.70. The molecule has 1 N–H and O–H groups in total. The smallest absolute Gasteiger partial charge is 0.126 e. The van der Waals surface area contributed by atoms with E-state index < -0.39 is 11.6 Å². The van der Waals surface area contributed by atoms with Crippen molar-refractivity contribution >= 4 is 15.9 Å². The molecule has 1 atom stereocenters. The van der Waals surface area contributed by atoms with Gasteiger partial charge in [-0.2, -0.15) is 0 Å².